The number of carbonyl (C=O) groups excluding carboxylic acids is 1. The van der Waals surface area contributed by atoms with Gasteiger partial charge in [0.15, 0.2) is 0 Å². The average molecular weight is 341 g/mol. The lowest BCUT2D eigenvalue weighted by Crippen LogP contribution is -2.04. The summed E-state index contributed by atoms with van der Waals surface area (Å²) in [5.74, 6) is -0.109. The number of nitrogens with zero attached hydrogens (tertiary/aromatic N) is 1. The molecule has 5 nitrogen and oxygen atoms in total. The smallest absolute Gasteiger partial charge is 0.343 e. The van der Waals surface area contributed by atoms with E-state index in [0.717, 1.165) is 5.56 Å². The van der Waals surface area contributed by atoms with Crippen molar-refractivity contribution in [2.24, 2.45) is 0 Å². The number of benzene rings is 2. The van der Waals surface area contributed by atoms with Crippen LogP contribution in [0.15, 0.2) is 59.3 Å². The zero-order valence-corrected chi connectivity index (χ0v) is 13.6. The van der Waals surface area contributed by atoms with Gasteiger partial charge in [-0.3, -0.25) is 0 Å². The molecule has 0 saturated heterocycles. The molecule has 2 aromatic carbocycles. The van der Waals surface area contributed by atoms with E-state index in [-0.39, 0.29) is 18.0 Å². The van der Waals surface area contributed by atoms with Crippen molar-refractivity contribution in [3.63, 3.8) is 0 Å². The van der Waals surface area contributed by atoms with Crippen LogP contribution < -0.4 is 4.74 Å². The van der Waals surface area contributed by atoms with E-state index in [2.05, 4.69) is 5.16 Å². The molecule has 1 aromatic heterocycles. The van der Waals surface area contributed by atoms with Crippen LogP contribution in [0.5, 0.6) is 5.75 Å². The number of halogens is 1. The maximum atomic E-state index is 12.9. The number of aromatic nitrogens is 1. The molecule has 3 aromatic rings. The van der Waals surface area contributed by atoms with Gasteiger partial charge in [0, 0.05) is 5.56 Å². The molecule has 0 saturated carbocycles. The van der Waals surface area contributed by atoms with Crippen LogP contribution in [0.25, 0.3) is 11.3 Å². The SMILES string of the molecule is CCOC(=O)c1conc1-c1ccc(OCc2ccc(F)cc2)cc1. The van der Waals surface area contributed by atoms with E-state index in [4.69, 9.17) is 14.0 Å². The number of rotatable bonds is 6. The maximum absolute atomic E-state index is 12.9. The predicted octanol–water partition coefficient (Wildman–Crippen LogP) is 4.24. The van der Waals surface area contributed by atoms with Crippen LogP contribution in [-0.4, -0.2) is 17.7 Å². The third-order valence-electron chi connectivity index (χ3n) is 3.51. The molecule has 0 aliphatic heterocycles. The van der Waals surface area contributed by atoms with Gasteiger partial charge in [0.25, 0.3) is 0 Å². The highest BCUT2D eigenvalue weighted by Gasteiger charge is 2.18. The fourth-order valence-corrected chi connectivity index (χ4v) is 2.25. The molecule has 0 fully saturated rings. The van der Waals surface area contributed by atoms with Gasteiger partial charge in [0.05, 0.1) is 6.61 Å². The minimum atomic E-state index is -0.476. The molecule has 1 heterocycles. The van der Waals surface area contributed by atoms with Crippen molar-refractivity contribution < 1.29 is 23.2 Å². The minimum Gasteiger partial charge on any atom is -0.489 e. The van der Waals surface area contributed by atoms with Crippen molar-refractivity contribution >= 4 is 5.97 Å². The van der Waals surface area contributed by atoms with Gasteiger partial charge in [0.1, 0.15) is 35.7 Å². The quantitative estimate of drug-likeness (QED) is 0.628. The van der Waals surface area contributed by atoms with Crippen LogP contribution in [0.4, 0.5) is 4.39 Å². The van der Waals surface area contributed by atoms with E-state index in [0.29, 0.717) is 23.6 Å². The molecule has 0 amide bonds. The van der Waals surface area contributed by atoms with Crippen molar-refractivity contribution in [2.75, 3.05) is 6.61 Å². The highest BCUT2D eigenvalue weighted by Crippen LogP contribution is 2.25. The van der Waals surface area contributed by atoms with E-state index >= 15 is 0 Å². The van der Waals surface area contributed by atoms with Gasteiger partial charge in [-0.1, -0.05) is 17.3 Å². The third kappa shape index (κ3) is 4.03. The summed E-state index contributed by atoms with van der Waals surface area (Å²) in [6.07, 6.45) is 1.27. The molecule has 0 bridgehead atoms. The zero-order valence-electron chi connectivity index (χ0n) is 13.6. The Morgan fingerprint density at radius 2 is 1.84 bits per heavy atom. The van der Waals surface area contributed by atoms with E-state index in [1.807, 2.05) is 0 Å². The molecule has 128 valence electrons. The molecule has 0 atom stereocenters. The number of carbonyl (C=O) groups is 1. The number of hydrogen-bond donors (Lipinski definition) is 0. The lowest BCUT2D eigenvalue weighted by molar-refractivity contribution is 0.0526. The largest absolute Gasteiger partial charge is 0.489 e. The van der Waals surface area contributed by atoms with Crippen LogP contribution in [0.1, 0.15) is 22.8 Å². The molecule has 0 aliphatic carbocycles. The molecule has 25 heavy (non-hydrogen) atoms. The molecule has 0 aliphatic rings. The average Bonchev–Trinajstić information content (AvgIpc) is 3.12. The molecular formula is C19H16FNO4. The first-order valence-electron chi connectivity index (χ1n) is 7.76. The first kappa shape index (κ1) is 16.7. The first-order valence-corrected chi connectivity index (χ1v) is 7.76. The molecule has 0 spiro atoms. The Labute approximate surface area is 144 Å². The normalized spacial score (nSPS) is 10.5. The van der Waals surface area contributed by atoms with E-state index in [9.17, 15) is 9.18 Å². The van der Waals surface area contributed by atoms with Gasteiger partial charge in [-0.2, -0.15) is 0 Å². The second-order valence-electron chi connectivity index (χ2n) is 5.24. The Kier molecular flexibility index (Phi) is 5.09. The van der Waals surface area contributed by atoms with Crippen molar-refractivity contribution in [3.05, 3.63) is 71.7 Å². The molecule has 0 N–H and O–H groups in total. The second-order valence-corrected chi connectivity index (χ2v) is 5.24. The predicted molar refractivity (Wildman–Crippen MR) is 88.6 cm³/mol. The van der Waals surface area contributed by atoms with Crippen molar-refractivity contribution in [2.45, 2.75) is 13.5 Å². The Bertz CT molecular complexity index is 841. The summed E-state index contributed by atoms with van der Waals surface area (Å²) in [5, 5.41) is 3.87. The number of ether oxygens (including phenoxy) is 2. The Morgan fingerprint density at radius 3 is 2.52 bits per heavy atom. The summed E-state index contributed by atoms with van der Waals surface area (Å²) >= 11 is 0. The van der Waals surface area contributed by atoms with Crippen LogP contribution in [0, 0.1) is 5.82 Å². The van der Waals surface area contributed by atoms with Gasteiger partial charge in [-0.25, -0.2) is 9.18 Å². The lowest BCUT2D eigenvalue weighted by Gasteiger charge is -2.07. The number of hydrogen-bond acceptors (Lipinski definition) is 5. The number of esters is 1. The first-order chi connectivity index (χ1) is 12.2. The summed E-state index contributed by atoms with van der Waals surface area (Å²) in [7, 11) is 0. The standard InChI is InChI=1S/C19H16FNO4/c1-2-23-19(22)17-12-25-21-18(17)14-5-9-16(10-6-14)24-11-13-3-7-15(20)8-4-13/h3-10,12H,2,11H2,1H3. The van der Waals surface area contributed by atoms with Gasteiger partial charge in [-0.05, 0) is 48.9 Å². The minimum absolute atomic E-state index is 0.277. The molecule has 0 unspecified atom stereocenters. The van der Waals surface area contributed by atoms with E-state index in [1.165, 1.54) is 18.4 Å². The van der Waals surface area contributed by atoms with Gasteiger partial charge in [-0.15, -0.1) is 0 Å². The summed E-state index contributed by atoms with van der Waals surface area (Å²) in [6.45, 7) is 2.34. The van der Waals surface area contributed by atoms with Gasteiger partial charge in [0.2, 0.25) is 0 Å². The van der Waals surface area contributed by atoms with E-state index < -0.39 is 5.97 Å². The van der Waals surface area contributed by atoms with Gasteiger partial charge >= 0.3 is 5.97 Å². The molecular weight excluding hydrogens is 325 g/mol. The van der Waals surface area contributed by atoms with Crippen molar-refractivity contribution in [1.82, 2.24) is 5.16 Å². The zero-order chi connectivity index (χ0) is 17.6. The lowest BCUT2D eigenvalue weighted by atomic mass is 10.1. The highest BCUT2D eigenvalue weighted by molar-refractivity contribution is 5.95. The van der Waals surface area contributed by atoms with Gasteiger partial charge < -0.3 is 14.0 Å². The summed E-state index contributed by atoms with van der Waals surface area (Å²) < 4.78 is 28.4. The maximum Gasteiger partial charge on any atom is 0.343 e. The Morgan fingerprint density at radius 1 is 1.12 bits per heavy atom. The van der Waals surface area contributed by atoms with Crippen molar-refractivity contribution in [3.8, 4) is 17.0 Å². The highest BCUT2D eigenvalue weighted by atomic mass is 19.1. The van der Waals surface area contributed by atoms with Crippen LogP contribution in [0.3, 0.4) is 0 Å². The van der Waals surface area contributed by atoms with E-state index in [1.54, 1.807) is 43.3 Å². The van der Waals surface area contributed by atoms with Crippen LogP contribution in [-0.2, 0) is 11.3 Å². The van der Waals surface area contributed by atoms with Crippen LogP contribution >= 0.6 is 0 Å². The van der Waals surface area contributed by atoms with Crippen molar-refractivity contribution in [1.29, 1.82) is 0 Å². The molecule has 6 heteroatoms. The summed E-state index contributed by atoms with van der Waals surface area (Å²) in [6, 6.07) is 13.2. The van der Waals surface area contributed by atoms with Crippen LogP contribution in [0.2, 0.25) is 0 Å². The molecule has 3 rings (SSSR count). The summed E-state index contributed by atoms with van der Waals surface area (Å²) in [4.78, 5) is 11.9. The monoisotopic (exact) mass is 341 g/mol. The Hall–Kier alpha value is -3.15. The summed E-state index contributed by atoms with van der Waals surface area (Å²) in [5.41, 5.74) is 2.28. The topological polar surface area (TPSA) is 61.6 Å². The fraction of sp³-hybridized carbons (Fsp3) is 0.158. The Balaban J connectivity index is 1.69. The second kappa shape index (κ2) is 7.61. The fourth-order valence-electron chi connectivity index (χ4n) is 2.25. The molecule has 0 radical (unpaired) electrons. The third-order valence-corrected chi connectivity index (χ3v) is 3.51.